The van der Waals surface area contributed by atoms with Gasteiger partial charge in [0.2, 0.25) is 5.91 Å². The van der Waals surface area contributed by atoms with Crippen LogP contribution in [0.15, 0.2) is 41.1 Å². The van der Waals surface area contributed by atoms with Gasteiger partial charge in [-0.05, 0) is 53.4 Å². The smallest absolute Gasteiger partial charge is 0.248 e. The van der Waals surface area contributed by atoms with Crippen molar-refractivity contribution in [1.29, 1.82) is 0 Å². The first-order valence-electron chi connectivity index (χ1n) is 6.28. The van der Waals surface area contributed by atoms with E-state index >= 15 is 0 Å². The van der Waals surface area contributed by atoms with Gasteiger partial charge in [0.15, 0.2) is 0 Å². The zero-order valence-electron chi connectivity index (χ0n) is 10.9. The topological polar surface area (TPSA) is 55.1 Å². The second-order valence-corrected chi connectivity index (χ2v) is 5.46. The van der Waals surface area contributed by atoms with E-state index in [4.69, 9.17) is 5.73 Å². The van der Waals surface area contributed by atoms with Crippen molar-refractivity contribution >= 4 is 17.2 Å². The molecule has 19 heavy (non-hydrogen) atoms. The summed E-state index contributed by atoms with van der Waals surface area (Å²) >= 11 is 1.73. The third-order valence-electron chi connectivity index (χ3n) is 3.02. The maximum Gasteiger partial charge on any atom is 0.248 e. The molecular weight excluding hydrogens is 256 g/mol. The van der Waals surface area contributed by atoms with Crippen LogP contribution >= 0.6 is 11.3 Å². The molecule has 3 nitrogen and oxygen atoms in total. The molecule has 0 bridgehead atoms. The standard InChI is InChI=1S/C15H18N2OS/c1-11(8-13-6-7-19-10-13)17-9-12-2-4-14(5-3-12)15(16)18/h2-7,10-11,17H,8-9H2,1H3,(H2,16,18). The lowest BCUT2D eigenvalue weighted by atomic mass is 10.1. The number of primary amides is 1. The Morgan fingerprint density at radius 1 is 1.26 bits per heavy atom. The average molecular weight is 274 g/mol. The summed E-state index contributed by atoms with van der Waals surface area (Å²) in [4.78, 5) is 11.0. The van der Waals surface area contributed by atoms with Crippen LogP contribution < -0.4 is 11.1 Å². The Bertz CT molecular complexity index is 520. The van der Waals surface area contributed by atoms with Crippen molar-refractivity contribution in [1.82, 2.24) is 5.32 Å². The van der Waals surface area contributed by atoms with Crippen LogP contribution in [0.25, 0.3) is 0 Å². The minimum atomic E-state index is -0.384. The zero-order valence-corrected chi connectivity index (χ0v) is 11.7. The van der Waals surface area contributed by atoms with E-state index in [2.05, 4.69) is 29.1 Å². The van der Waals surface area contributed by atoms with Gasteiger partial charge in [-0.1, -0.05) is 12.1 Å². The highest BCUT2D eigenvalue weighted by Crippen LogP contribution is 2.09. The minimum Gasteiger partial charge on any atom is -0.366 e. The number of carbonyl (C=O) groups is 1. The first kappa shape index (κ1) is 13.8. The molecule has 0 saturated heterocycles. The van der Waals surface area contributed by atoms with Crippen molar-refractivity contribution in [2.24, 2.45) is 5.73 Å². The van der Waals surface area contributed by atoms with Crippen LogP contribution in [0.3, 0.4) is 0 Å². The van der Waals surface area contributed by atoms with Crippen LogP contribution in [0, 0.1) is 0 Å². The molecule has 4 heteroatoms. The Morgan fingerprint density at radius 2 is 2.00 bits per heavy atom. The molecule has 1 aromatic heterocycles. The Labute approximate surface area is 117 Å². The predicted molar refractivity (Wildman–Crippen MR) is 79.3 cm³/mol. The Hall–Kier alpha value is -1.65. The summed E-state index contributed by atoms with van der Waals surface area (Å²) in [5.74, 6) is -0.384. The molecular formula is C15H18N2OS. The van der Waals surface area contributed by atoms with Gasteiger partial charge in [-0.25, -0.2) is 0 Å². The fourth-order valence-electron chi connectivity index (χ4n) is 1.91. The van der Waals surface area contributed by atoms with Gasteiger partial charge >= 0.3 is 0 Å². The van der Waals surface area contributed by atoms with Gasteiger partial charge in [-0.2, -0.15) is 11.3 Å². The first-order valence-corrected chi connectivity index (χ1v) is 7.22. The second kappa shape index (κ2) is 6.50. The van der Waals surface area contributed by atoms with Crippen LogP contribution in [0.1, 0.15) is 28.4 Å². The molecule has 1 amide bonds. The summed E-state index contributed by atoms with van der Waals surface area (Å²) < 4.78 is 0. The summed E-state index contributed by atoms with van der Waals surface area (Å²) in [5, 5.41) is 7.76. The molecule has 100 valence electrons. The van der Waals surface area contributed by atoms with Crippen LogP contribution in [-0.2, 0) is 13.0 Å². The third-order valence-corrected chi connectivity index (χ3v) is 3.75. The van der Waals surface area contributed by atoms with Gasteiger partial charge in [0, 0.05) is 18.2 Å². The van der Waals surface area contributed by atoms with Gasteiger partial charge in [-0.3, -0.25) is 4.79 Å². The molecule has 1 aromatic carbocycles. The Kier molecular flexibility index (Phi) is 4.71. The number of nitrogens with two attached hydrogens (primary N) is 1. The van der Waals surface area contributed by atoms with Gasteiger partial charge < -0.3 is 11.1 Å². The molecule has 1 unspecified atom stereocenters. The highest BCUT2D eigenvalue weighted by molar-refractivity contribution is 7.07. The van der Waals surface area contributed by atoms with E-state index in [1.54, 1.807) is 23.5 Å². The number of benzene rings is 1. The normalized spacial score (nSPS) is 12.3. The van der Waals surface area contributed by atoms with Crippen LogP contribution in [0.4, 0.5) is 0 Å². The van der Waals surface area contributed by atoms with E-state index in [0.29, 0.717) is 11.6 Å². The van der Waals surface area contributed by atoms with Crippen molar-refractivity contribution < 1.29 is 4.79 Å². The lowest BCUT2D eigenvalue weighted by molar-refractivity contribution is 0.100. The Balaban J connectivity index is 1.83. The van der Waals surface area contributed by atoms with Crippen LogP contribution in [0.5, 0.6) is 0 Å². The van der Waals surface area contributed by atoms with Crippen molar-refractivity contribution in [3.63, 3.8) is 0 Å². The highest BCUT2D eigenvalue weighted by Gasteiger charge is 2.04. The fraction of sp³-hybridized carbons (Fsp3) is 0.267. The van der Waals surface area contributed by atoms with Crippen molar-refractivity contribution in [3.05, 3.63) is 57.8 Å². The van der Waals surface area contributed by atoms with Gasteiger partial charge in [0.05, 0.1) is 0 Å². The molecule has 0 fully saturated rings. The lowest BCUT2D eigenvalue weighted by Crippen LogP contribution is -2.27. The van der Waals surface area contributed by atoms with E-state index in [1.165, 1.54) is 5.56 Å². The van der Waals surface area contributed by atoms with Gasteiger partial charge in [-0.15, -0.1) is 0 Å². The molecule has 0 aliphatic heterocycles. The zero-order chi connectivity index (χ0) is 13.7. The average Bonchev–Trinajstić information content (AvgIpc) is 2.89. The molecule has 1 heterocycles. The number of carbonyl (C=O) groups excluding carboxylic acids is 1. The van der Waals surface area contributed by atoms with Crippen molar-refractivity contribution in [2.45, 2.75) is 25.9 Å². The summed E-state index contributed by atoms with van der Waals surface area (Å²) in [6.07, 6.45) is 1.03. The summed E-state index contributed by atoms with van der Waals surface area (Å²) in [6.45, 7) is 2.97. The van der Waals surface area contributed by atoms with E-state index in [-0.39, 0.29) is 5.91 Å². The summed E-state index contributed by atoms with van der Waals surface area (Å²) in [6, 6.07) is 9.98. The third kappa shape index (κ3) is 4.19. The van der Waals surface area contributed by atoms with E-state index in [0.717, 1.165) is 18.5 Å². The van der Waals surface area contributed by atoms with E-state index < -0.39 is 0 Å². The van der Waals surface area contributed by atoms with Crippen LogP contribution in [-0.4, -0.2) is 11.9 Å². The first-order chi connectivity index (χ1) is 9.15. The number of hydrogen-bond acceptors (Lipinski definition) is 3. The fourth-order valence-corrected chi connectivity index (χ4v) is 2.59. The molecule has 0 spiro atoms. The molecule has 0 aliphatic carbocycles. The maximum atomic E-state index is 11.0. The monoisotopic (exact) mass is 274 g/mol. The SMILES string of the molecule is CC(Cc1ccsc1)NCc1ccc(C(N)=O)cc1. The molecule has 3 N–H and O–H groups in total. The predicted octanol–water partition coefficient (Wildman–Crippen LogP) is 2.57. The quantitative estimate of drug-likeness (QED) is 0.850. The maximum absolute atomic E-state index is 11.0. The molecule has 0 radical (unpaired) electrons. The number of hydrogen-bond donors (Lipinski definition) is 2. The molecule has 2 rings (SSSR count). The molecule has 0 aliphatic rings. The van der Waals surface area contributed by atoms with Crippen molar-refractivity contribution in [2.75, 3.05) is 0 Å². The van der Waals surface area contributed by atoms with Gasteiger partial charge in [0.1, 0.15) is 0 Å². The number of thiophene rings is 1. The van der Waals surface area contributed by atoms with Crippen LogP contribution in [0.2, 0.25) is 0 Å². The minimum absolute atomic E-state index is 0.384. The number of amides is 1. The second-order valence-electron chi connectivity index (χ2n) is 4.68. The van der Waals surface area contributed by atoms with E-state index in [9.17, 15) is 4.79 Å². The largest absolute Gasteiger partial charge is 0.366 e. The number of rotatable bonds is 6. The van der Waals surface area contributed by atoms with Crippen molar-refractivity contribution in [3.8, 4) is 0 Å². The van der Waals surface area contributed by atoms with E-state index in [1.807, 2.05) is 12.1 Å². The highest BCUT2D eigenvalue weighted by atomic mass is 32.1. The molecule has 0 saturated carbocycles. The summed E-state index contributed by atoms with van der Waals surface area (Å²) in [5.41, 5.74) is 8.28. The summed E-state index contributed by atoms with van der Waals surface area (Å²) in [7, 11) is 0. The Morgan fingerprint density at radius 3 is 2.58 bits per heavy atom. The number of nitrogens with one attached hydrogen (secondary N) is 1. The lowest BCUT2D eigenvalue weighted by Gasteiger charge is -2.13. The van der Waals surface area contributed by atoms with Gasteiger partial charge in [0.25, 0.3) is 0 Å². The molecule has 2 aromatic rings. The molecule has 1 atom stereocenters.